The summed E-state index contributed by atoms with van der Waals surface area (Å²) in [7, 11) is -2.05. The first-order chi connectivity index (χ1) is 11.4. The van der Waals surface area contributed by atoms with Gasteiger partial charge in [-0.15, -0.1) is 11.3 Å². The molecule has 3 rings (SSSR count). The minimum atomic E-state index is -3.44. The van der Waals surface area contributed by atoms with Gasteiger partial charge < -0.3 is 9.80 Å². The number of thiazole rings is 1. The zero-order valence-electron chi connectivity index (χ0n) is 14.0. The predicted molar refractivity (Wildman–Crippen MR) is 96.5 cm³/mol. The molecule has 0 spiro atoms. The number of piperazine rings is 1. The number of hydrogen-bond acceptors (Lipinski definition) is 7. The second-order valence-corrected chi connectivity index (χ2v) is 8.74. The summed E-state index contributed by atoms with van der Waals surface area (Å²) in [6.07, 6.45) is 1.40. The normalized spacial score (nSPS) is 15.8. The lowest BCUT2D eigenvalue weighted by Gasteiger charge is -2.35. The summed E-state index contributed by atoms with van der Waals surface area (Å²) in [6.45, 7) is 7.56. The van der Waals surface area contributed by atoms with E-state index in [-0.39, 0.29) is 4.90 Å². The average molecular weight is 368 g/mol. The van der Waals surface area contributed by atoms with E-state index in [0.717, 1.165) is 42.8 Å². The Balaban J connectivity index is 1.66. The van der Waals surface area contributed by atoms with Crippen LogP contribution in [-0.4, -0.2) is 51.6 Å². The first kappa shape index (κ1) is 17.1. The molecule has 1 aliphatic rings. The number of sulfonamides is 1. The van der Waals surface area contributed by atoms with E-state index in [2.05, 4.69) is 31.4 Å². The number of hydrogen-bond donors (Lipinski definition) is 1. The monoisotopic (exact) mass is 367 g/mol. The molecule has 24 heavy (non-hydrogen) atoms. The third-order valence-electron chi connectivity index (χ3n) is 4.19. The predicted octanol–water partition coefficient (Wildman–Crippen LogP) is 1.39. The Labute approximate surface area is 146 Å². The van der Waals surface area contributed by atoms with E-state index >= 15 is 0 Å². The number of pyridine rings is 1. The summed E-state index contributed by atoms with van der Waals surface area (Å²) < 4.78 is 25.8. The summed E-state index contributed by atoms with van der Waals surface area (Å²) >= 11 is 1.73. The van der Waals surface area contributed by atoms with E-state index < -0.39 is 10.0 Å². The maximum Gasteiger partial charge on any atom is 0.241 e. The van der Waals surface area contributed by atoms with Crippen LogP contribution in [0.5, 0.6) is 0 Å². The summed E-state index contributed by atoms with van der Waals surface area (Å²) in [5.41, 5.74) is 1.10. The van der Waals surface area contributed by atoms with E-state index in [1.807, 2.05) is 6.92 Å². The van der Waals surface area contributed by atoms with Crippen LogP contribution in [0.2, 0.25) is 0 Å². The number of aryl methyl sites for hydroxylation is 2. The Morgan fingerprint density at radius 3 is 2.29 bits per heavy atom. The van der Waals surface area contributed by atoms with E-state index in [1.165, 1.54) is 18.1 Å². The van der Waals surface area contributed by atoms with E-state index in [9.17, 15) is 8.42 Å². The van der Waals surface area contributed by atoms with Crippen molar-refractivity contribution in [1.82, 2.24) is 14.7 Å². The average Bonchev–Trinajstić information content (AvgIpc) is 2.94. The topological polar surface area (TPSA) is 78.4 Å². The zero-order valence-corrected chi connectivity index (χ0v) is 15.6. The lowest BCUT2D eigenvalue weighted by Crippen LogP contribution is -2.46. The second kappa shape index (κ2) is 6.66. The van der Waals surface area contributed by atoms with Crippen LogP contribution in [-0.2, 0) is 10.0 Å². The molecule has 1 N–H and O–H groups in total. The third-order valence-corrected chi connectivity index (χ3v) is 6.72. The molecule has 9 heteroatoms. The molecule has 1 saturated heterocycles. The molecule has 0 unspecified atom stereocenters. The van der Waals surface area contributed by atoms with Crippen molar-refractivity contribution in [2.45, 2.75) is 18.7 Å². The first-order valence-corrected chi connectivity index (χ1v) is 10.0. The Morgan fingerprint density at radius 1 is 1.12 bits per heavy atom. The molecular weight excluding hydrogens is 346 g/mol. The number of anilines is 2. The molecule has 0 radical (unpaired) electrons. The van der Waals surface area contributed by atoms with Crippen molar-refractivity contribution in [1.29, 1.82) is 0 Å². The van der Waals surface area contributed by atoms with E-state index in [0.29, 0.717) is 0 Å². The van der Waals surface area contributed by atoms with Crippen LogP contribution in [0.4, 0.5) is 10.9 Å². The fraction of sp³-hybridized carbons (Fsp3) is 0.467. The number of nitrogens with zero attached hydrogens (tertiary/aromatic N) is 4. The van der Waals surface area contributed by atoms with Crippen molar-refractivity contribution < 1.29 is 8.42 Å². The molecule has 0 atom stereocenters. The van der Waals surface area contributed by atoms with Crippen molar-refractivity contribution >= 4 is 32.3 Å². The Morgan fingerprint density at radius 2 is 1.79 bits per heavy atom. The van der Waals surface area contributed by atoms with Crippen LogP contribution < -0.4 is 14.5 Å². The van der Waals surface area contributed by atoms with Crippen LogP contribution in [0.1, 0.15) is 10.6 Å². The SMILES string of the molecule is CNS(=O)(=O)c1ccc(N2CCN(c3nc(C)c(C)s3)CC2)nc1. The number of nitrogens with one attached hydrogen (secondary N) is 1. The molecule has 130 valence electrons. The van der Waals surface area contributed by atoms with Crippen molar-refractivity contribution in [2.75, 3.05) is 43.0 Å². The second-order valence-electron chi connectivity index (χ2n) is 5.67. The summed E-state index contributed by atoms with van der Waals surface area (Å²) in [5.74, 6) is 0.802. The van der Waals surface area contributed by atoms with Gasteiger partial charge in [0.05, 0.1) is 5.69 Å². The smallest absolute Gasteiger partial charge is 0.241 e. The highest BCUT2D eigenvalue weighted by atomic mass is 32.2. The maximum atomic E-state index is 11.7. The van der Waals surface area contributed by atoms with Crippen LogP contribution in [0, 0.1) is 13.8 Å². The maximum absolute atomic E-state index is 11.7. The molecule has 3 heterocycles. The molecule has 0 aromatic carbocycles. The molecule has 2 aromatic heterocycles. The van der Waals surface area contributed by atoms with Crippen LogP contribution >= 0.6 is 11.3 Å². The molecule has 0 saturated carbocycles. The largest absolute Gasteiger partial charge is 0.353 e. The van der Waals surface area contributed by atoms with Gasteiger partial charge in [0, 0.05) is 37.3 Å². The quantitative estimate of drug-likeness (QED) is 0.880. The van der Waals surface area contributed by atoms with Crippen molar-refractivity contribution in [3.05, 3.63) is 28.9 Å². The van der Waals surface area contributed by atoms with Gasteiger partial charge in [-0.3, -0.25) is 0 Å². The van der Waals surface area contributed by atoms with Gasteiger partial charge in [-0.05, 0) is 33.0 Å². The van der Waals surface area contributed by atoms with Crippen molar-refractivity contribution in [3.63, 3.8) is 0 Å². The van der Waals surface area contributed by atoms with Gasteiger partial charge in [0.1, 0.15) is 10.7 Å². The first-order valence-electron chi connectivity index (χ1n) is 7.74. The summed E-state index contributed by atoms with van der Waals surface area (Å²) in [5, 5.41) is 1.08. The zero-order chi connectivity index (χ0) is 17.3. The van der Waals surface area contributed by atoms with Gasteiger partial charge in [0.25, 0.3) is 0 Å². The molecule has 7 nitrogen and oxygen atoms in total. The van der Waals surface area contributed by atoms with Gasteiger partial charge in [-0.25, -0.2) is 23.1 Å². The molecule has 1 fully saturated rings. The molecule has 0 amide bonds. The summed E-state index contributed by atoms with van der Waals surface area (Å²) in [6, 6.07) is 3.35. The van der Waals surface area contributed by atoms with Crippen molar-refractivity contribution in [2.24, 2.45) is 0 Å². The molecule has 0 bridgehead atoms. The van der Waals surface area contributed by atoms with Crippen LogP contribution in [0.15, 0.2) is 23.2 Å². The molecular formula is C15H21N5O2S2. The van der Waals surface area contributed by atoms with Crippen LogP contribution in [0.3, 0.4) is 0 Å². The highest BCUT2D eigenvalue weighted by Gasteiger charge is 2.21. The Hall–Kier alpha value is -1.71. The van der Waals surface area contributed by atoms with Crippen molar-refractivity contribution in [3.8, 4) is 0 Å². The number of aromatic nitrogens is 2. The lowest BCUT2D eigenvalue weighted by atomic mass is 10.3. The van der Waals surface area contributed by atoms with Gasteiger partial charge in [0.2, 0.25) is 10.0 Å². The standard InChI is InChI=1S/C15H21N5O2S2/c1-11-12(2)23-15(18-11)20-8-6-19(7-9-20)14-5-4-13(10-17-14)24(21,22)16-3/h4-5,10,16H,6-9H2,1-3H3. The minimum Gasteiger partial charge on any atom is -0.353 e. The van der Waals surface area contributed by atoms with Gasteiger partial charge in [-0.1, -0.05) is 0 Å². The van der Waals surface area contributed by atoms with Gasteiger partial charge >= 0.3 is 0 Å². The fourth-order valence-electron chi connectivity index (χ4n) is 2.55. The number of rotatable bonds is 4. The highest BCUT2D eigenvalue weighted by molar-refractivity contribution is 7.89. The molecule has 0 aliphatic carbocycles. The minimum absolute atomic E-state index is 0.182. The Kier molecular flexibility index (Phi) is 4.75. The van der Waals surface area contributed by atoms with Gasteiger partial charge in [0.15, 0.2) is 5.13 Å². The summed E-state index contributed by atoms with van der Waals surface area (Å²) in [4.78, 5) is 14.8. The van der Waals surface area contributed by atoms with E-state index in [4.69, 9.17) is 0 Å². The molecule has 1 aliphatic heterocycles. The molecule has 2 aromatic rings. The fourth-order valence-corrected chi connectivity index (χ4v) is 4.19. The van der Waals surface area contributed by atoms with Gasteiger partial charge in [-0.2, -0.15) is 0 Å². The highest BCUT2D eigenvalue weighted by Crippen LogP contribution is 2.26. The Bertz CT molecular complexity index is 789. The third kappa shape index (κ3) is 3.38. The van der Waals surface area contributed by atoms with Crippen LogP contribution in [0.25, 0.3) is 0 Å². The lowest BCUT2D eigenvalue weighted by molar-refractivity contribution is 0.587. The van der Waals surface area contributed by atoms with E-state index in [1.54, 1.807) is 23.5 Å².